The van der Waals surface area contributed by atoms with Gasteiger partial charge in [0.15, 0.2) is 5.75 Å². The van der Waals surface area contributed by atoms with E-state index in [4.69, 9.17) is 4.74 Å². The molecule has 2 aromatic heterocycles. The number of pyridine rings is 1. The van der Waals surface area contributed by atoms with Crippen LogP contribution in [0.4, 0.5) is 0 Å². The molecule has 3 heterocycles. The molecule has 0 amide bonds. The molecule has 1 aliphatic rings. The number of likely N-dealkylation sites (tertiary alicyclic amines) is 1. The molecule has 4 rings (SSSR count). The predicted octanol–water partition coefficient (Wildman–Crippen LogP) is 3.19. The van der Waals surface area contributed by atoms with E-state index in [1.807, 2.05) is 18.5 Å². The van der Waals surface area contributed by atoms with Crippen molar-refractivity contribution in [3.8, 4) is 5.75 Å². The first-order valence-electron chi connectivity index (χ1n) is 7.61. The van der Waals surface area contributed by atoms with Gasteiger partial charge in [-0.3, -0.25) is 9.88 Å². The predicted molar refractivity (Wildman–Crippen MR) is 84.8 cm³/mol. The molecule has 3 aromatic rings. The standard InChI is InChI=1S/C17H19N3O/c1-2-6-15-13(5-1)14-11-18-12-16(17(14)19-15)21-10-9-20-7-3-4-8-20/h1-2,5-6,11-12,19H,3-4,7-10H2. The van der Waals surface area contributed by atoms with Crippen molar-refractivity contribution >= 4 is 21.8 Å². The van der Waals surface area contributed by atoms with Gasteiger partial charge in [-0.2, -0.15) is 0 Å². The second-order valence-electron chi connectivity index (χ2n) is 5.63. The summed E-state index contributed by atoms with van der Waals surface area (Å²) in [5, 5.41) is 2.33. The van der Waals surface area contributed by atoms with Gasteiger partial charge >= 0.3 is 0 Å². The monoisotopic (exact) mass is 281 g/mol. The van der Waals surface area contributed by atoms with E-state index in [0.717, 1.165) is 35.3 Å². The molecule has 0 radical (unpaired) electrons. The Morgan fingerprint density at radius 3 is 2.86 bits per heavy atom. The molecular weight excluding hydrogens is 262 g/mol. The Morgan fingerprint density at radius 2 is 1.95 bits per heavy atom. The number of nitrogens with zero attached hydrogens (tertiary/aromatic N) is 2. The lowest BCUT2D eigenvalue weighted by atomic mass is 10.2. The van der Waals surface area contributed by atoms with Crippen molar-refractivity contribution in [3.05, 3.63) is 36.7 Å². The fraction of sp³-hybridized carbons (Fsp3) is 0.353. The van der Waals surface area contributed by atoms with Crippen LogP contribution in [0.5, 0.6) is 5.75 Å². The van der Waals surface area contributed by atoms with Gasteiger partial charge in [-0.05, 0) is 32.0 Å². The molecule has 0 atom stereocenters. The lowest BCUT2D eigenvalue weighted by Gasteiger charge is -2.14. The summed E-state index contributed by atoms with van der Waals surface area (Å²) < 4.78 is 5.98. The Morgan fingerprint density at radius 1 is 1.10 bits per heavy atom. The minimum Gasteiger partial charge on any atom is -0.488 e. The average molecular weight is 281 g/mol. The van der Waals surface area contributed by atoms with E-state index in [-0.39, 0.29) is 0 Å². The Hall–Kier alpha value is -2.07. The Balaban J connectivity index is 1.59. The van der Waals surface area contributed by atoms with Gasteiger partial charge in [0, 0.05) is 29.0 Å². The van der Waals surface area contributed by atoms with Gasteiger partial charge in [-0.15, -0.1) is 0 Å². The molecule has 0 bridgehead atoms. The van der Waals surface area contributed by atoms with Crippen molar-refractivity contribution in [2.75, 3.05) is 26.2 Å². The molecule has 4 heteroatoms. The topological polar surface area (TPSA) is 41.1 Å². The average Bonchev–Trinajstić information content (AvgIpc) is 3.15. The van der Waals surface area contributed by atoms with Crippen LogP contribution in [0.15, 0.2) is 36.7 Å². The zero-order valence-corrected chi connectivity index (χ0v) is 12.0. The van der Waals surface area contributed by atoms with Crippen molar-refractivity contribution in [1.82, 2.24) is 14.9 Å². The third kappa shape index (κ3) is 2.36. The number of benzene rings is 1. The number of aromatic nitrogens is 2. The number of nitrogens with one attached hydrogen (secondary N) is 1. The molecule has 0 unspecified atom stereocenters. The zero-order valence-electron chi connectivity index (χ0n) is 12.0. The van der Waals surface area contributed by atoms with E-state index in [1.165, 1.54) is 31.3 Å². The summed E-state index contributed by atoms with van der Waals surface area (Å²) in [6.07, 6.45) is 6.35. The SMILES string of the molecule is c1ccc2c(c1)[nH]c1c(OCCN3CCCC3)cncc12. The number of para-hydroxylation sites is 1. The molecule has 1 fully saturated rings. The third-order valence-electron chi connectivity index (χ3n) is 4.25. The maximum absolute atomic E-state index is 5.98. The van der Waals surface area contributed by atoms with Crippen LogP contribution in [0.3, 0.4) is 0 Å². The van der Waals surface area contributed by atoms with E-state index >= 15 is 0 Å². The highest BCUT2D eigenvalue weighted by Gasteiger charge is 2.12. The van der Waals surface area contributed by atoms with E-state index in [0.29, 0.717) is 0 Å². The summed E-state index contributed by atoms with van der Waals surface area (Å²) in [4.78, 5) is 10.2. The maximum atomic E-state index is 5.98. The first-order chi connectivity index (χ1) is 10.4. The molecule has 108 valence electrons. The molecule has 4 nitrogen and oxygen atoms in total. The van der Waals surface area contributed by atoms with Gasteiger partial charge < -0.3 is 9.72 Å². The van der Waals surface area contributed by atoms with Gasteiger partial charge in [-0.25, -0.2) is 0 Å². The van der Waals surface area contributed by atoms with E-state index < -0.39 is 0 Å². The Kier molecular flexibility index (Phi) is 3.24. The van der Waals surface area contributed by atoms with E-state index in [9.17, 15) is 0 Å². The van der Waals surface area contributed by atoms with Gasteiger partial charge in [0.2, 0.25) is 0 Å². The summed E-state index contributed by atoms with van der Waals surface area (Å²) in [5.74, 6) is 0.850. The van der Waals surface area contributed by atoms with Crippen molar-refractivity contribution < 1.29 is 4.74 Å². The molecule has 0 aliphatic carbocycles. The molecule has 1 saturated heterocycles. The normalized spacial score (nSPS) is 16.0. The van der Waals surface area contributed by atoms with Crippen LogP contribution < -0.4 is 4.74 Å². The number of H-pyrrole nitrogens is 1. The molecule has 0 spiro atoms. The lowest BCUT2D eigenvalue weighted by Crippen LogP contribution is -2.25. The minimum atomic E-state index is 0.718. The number of hydrogen-bond donors (Lipinski definition) is 1. The summed E-state index contributed by atoms with van der Waals surface area (Å²) in [6.45, 7) is 4.13. The minimum absolute atomic E-state index is 0.718. The summed E-state index contributed by atoms with van der Waals surface area (Å²) >= 11 is 0. The summed E-state index contributed by atoms with van der Waals surface area (Å²) in [6, 6.07) is 8.29. The van der Waals surface area contributed by atoms with Crippen molar-refractivity contribution in [2.24, 2.45) is 0 Å². The van der Waals surface area contributed by atoms with Crippen LogP contribution in [-0.2, 0) is 0 Å². The number of aromatic amines is 1. The first kappa shape index (κ1) is 12.7. The van der Waals surface area contributed by atoms with Crippen LogP contribution >= 0.6 is 0 Å². The molecular formula is C17H19N3O. The lowest BCUT2D eigenvalue weighted by molar-refractivity contribution is 0.239. The number of ether oxygens (including phenoxy) is 1. The van der Waals surface area contributed by atoms with Gasteiger partial charge in [-0.1, -0.05) is 18.2 Å². The van der Waals surface area contributed by atoms with Gasteiger partial charge in [0.1, 0.15) is 6.61 Å². The van der Waals surface area contributed by atoms with Crippen molar-refractivity contribution in [2.45, 2.75) is 12.8 Å². The van der Waals surface area contributed by atoms with Crippen LogP contribution in [0.1, 0.15) is 12.8 Å². The smallest absolute Gasteiger partial charge is 0.161 e. The number of fused-ring (bicyclic) bond motifs is 3. The highest BCUT2D eigenvalue weighted by atomic mass is 16.5. The molecule has 1 N–H and O–H groups in total. The van der Waals surface area contributed by atoms with Gasteiger partial charge in [0.05, 0.1) is 11.7 Å². The highest BCUT2D eigenvalue weighted by Crippen LogP contribution is 2.30. The summed E-state index contributed by atoms with van der Waals surface area (Å²) in [7, 11) is 0. The Bertz CT molecular complexity index is 759. The van der Waals surface area contributed by atoms with Gasteiger partial charge in [0.25, 0.3) is 0 Å². The Labute approximate surface area is 123 Å². The van der Waals surface area contributed by atoms with Crippen molar-refractivity contribution in [3.63, 3.8) is 0 Å². The quantitative estimate of drug-likeness (QED) is 0.798. The van der Waals surface area contributed by atoms with Crippen LogP contribution in [0.25, 0.3) is 21.8 Å². The number of hydrogen-bond acceptors (Lipinski definition) is 3. The second kappa shape index (κ2) is 5.37. The largest absolute Gasteiger partial charge is 0.488 e. The first-order valence-corrected chi connectivity index (χ1v) is 7.61. The number of rotatable bonds is 4. The van der Waals surface area contributed by atoms with Crippen LogP contribution in [0.2, 0.25) is 0 Å². The molecule has 1 aliphatic heterocycles. The second-order valence-corrected chi connectivity index (χ2v) is 5.63. The fourth-order valence-corrected chi connectivity index (χ4v) is 3.14. The van der Waals surface area contributed by atoms with Crippen LogP contribution in [-0.4, -0.2) is 41.1 Å². The van der Waals surface area contributed by atoms with E-state index in [1.54, 1.807) is 0 Å². The zero-order chi connectivity index (χ0) is 14.1. The highest BCUT2D eigenvalue weighted by molar-refractivity contribution is 6.08. The third-order valence-corrected chi connectivity index (χ3v) is 4.25. The fourth-order valence-electron chi connectivity index (χ4n) is 3.14. The van der Waals surface area contributed by atoms with Crippen LogP contribution in [0, 0.1) is 0 Å². The van der Waals surface area contributed by atoms with E-state index in [2.05, 4.69) is 33.1 Å². The molecule has 0 saturated carbocycles. The maximum Gasteiger partial charge on any atom is 0.161 e. The molecule has 21 heavy (non-hydrogen) atoms. The summed E-state index contributed by atoms with van der Waals surface area (Å²) in [5.41, 5.74) is 2.18. The molecule has 1 aromatic carbocycles. The van der Waals surface area contributed by atoms with Crippen molar-refractivity contribution in [1.29, 1.82) is 0 Å².